The molecule has 1 aromatic carbocycles. The van der Waals surface area contributed by atoms with Gasteiger partial charge in [0.25, 0.3) is 0 Å². The summed E-state index contributed by atoms with van der Waals surface area (Å²) in [5.74, 6) is -0.233. The van der Waals surface area contributed by atoms with Crippen LogP contribution in [0.4, 0.5) is 5.69 Å². The fourth-order valence-corrected chi connectivity index (χ4v) is 3.31. The van der Waals surface area contributed by atoms with Gasteiger partial charge in [0.1, 0.15) is 0 Å². The summed E-state index contributed by atoms with van der Waals surface area (Å²) in [6.45, 7) is 2.25. The second kappa shape index (κ2) is 8.31. The lowest BCUT2D eigenvalue weighted by molar-refractivity contribution is -0.121. The van der Waals surface area contributed by atoms with E-state index < -0.39 is 10.0 Å². The summed E-state index contributed by atoms with van der Waals surface area (Å²) in [7, 11) is -3.52. The van der Waals surface area contributed by atoms with Crippen LogP contribution in [0.1, 0.15) is 17.5 Å². The van der Waals surface area contributed by atoms with Gasteiger partial charge in [-0.15, -0.1) is 0 Å². The van der Waals surface area contributed by atoms with E-state index in [-0.39, 0.29) is 18.9 Å². The van der Waals surface area contributed by atoms with Crippen molar-refractivity contribution in [2.75, 3.05) is 17.1 Å². The topological polar surface area (TPSA) is 79.4 Å². The number of pyridine rings is 1. The molecule has 8 heteroatoms. The van der Waals surface area contributed by atoms with Gasteiger partial charge in [0.2, 0.25) is 15.9 Å². The van der Waals surface area contributed by atoms with Crippen LogP contribution in [0, 0.1) is 6.92 Å². The minimum atomic E-state index is -3.52. The lowest BCUT2D eigenvalue weighted by atomic mass is 10.2. The van der Waals surface area contributed by atoms with Crippen LogP contribution >= 0.6 is 11.6 Å². The molecule has 0 aliphatic heterocycles. The van der Waals surface area contributed by atoms with E-state index in [4.69, 9.17) is 11.6 Å². The number of carbonyl (C=O) groups is 1. The molecule has 1 aromatic heterocycles. The first kappa shape index (κ1) is 19.2. The van der Waals surface area contributed by atoms with E-state index in [1.54, 1.807) is 42.7 Å². The number of halogens is 1. The van der Waals surface area contributed by atoms with E-state index in [1.165, 1.54) is 4.31 Å². The van der Waals surface area contributed by atoms with E-state index in [0.717, 1.165) is 17.4 Å². The normalized spacial score (nSPS) is 11.2. The second-order valence-corrected chi connectivity index (χ2v) is 7.96. The van der Waals surface area contributed by atoms with Crippen LogP contribution < -0.4 is 9.62 Å². The maximum absolute atomic E-state index is 12.1. The SMILES string of the molecule is Cc1ccc(N(CCC(=O)NCc2ccncc2)S(C)(=O)=O)cc1Cl. The number of hydrogen-bond acceptors (Lipinski definition) is 4. The van der Waals surface area contributed by atoms with Gasteiger partial charge in [0, 0.05) is 36.9 Å². The van der Waals surface area contributed by atoms with Crippen molar-refractivity contribution < 1.29 is 13.2 Å². The zero-order valence-electron chi connectivity index (χ0n) is 14.1. The van der Waals surface area contributed by atoms with Crippen molar-refractivity contribution in [3.8, 4) is 0 Å². The van der Waals surface area contributed by atoms with E-state index in [0.29, 0.717) is 17.3 Å². The van der Waals surface area contributed by atoms with Gasteiger partial charge in [-0.1, -0.05) is 17.7 Å². The number of carbonyl (C=O) groups excluding carboxylic acids is 1. The van der Waals surface area contributed by atoms with Crippen LogP contribution in [0.25, 0.3) is 0 Å². The third kappa shape index (κ3) is 5.72. The predicted molar refractivity (Wildman–Crippen MR) is 99.1 cm³/mol. The molecule has 0 unspecified atom stereocenters. The molecule has 2 rings (SSSR count). The number of benzene rings is 1. The molecule has 0 radical (unpaired) electrons. The molecule has 0 aliphatic rings. The van der Waals surface area contributed by atoms with Crippen molar-refractivity contribution in [3.63, 3.8) is 0 Å². The highest BCUT2D eigenvalue weighted by Crippen LogP contribution is 2.25. The Kier molecular flexibility index (Phi) is 6.39. The van der Waals surface area contributed by atoms with E-state index in [2.05, 4.69) is 10.3 Å². The van der Waals surface area contributed by atoms with Crippen molar-refractivity contribution in [3.05, 3.63) is 58.9 Å². The highest BCUT2D eigenvalue weighted by atomic mass is 35.5. The van der Waals surface area contributed by atoms with Gasteiger partial charge in [0.15, 0.2) is 0 Å². The third-order valence-corrected chi connectivity index (χ3v) is 5.23. The molecule has 0 atom stereocenters. The van der Waals surface area contributed by atoms with E-state index in [9.17, 15) is 13.2 Å². The number of amides is 1. The summed E-state index contributed by atoms with van der Waals surface area (Å²) in [5, 5.41) is 3.24. The van der Waals surface area contributed by atoms with Crippen molar-refractivity contribution in [2.24, 2.45) is 0 Å². The first-order valence-electron chi connectivity index (χ1n) is 7.67. The number of aromatic nitrogens is 1. The minimum absolute atomic E-state index is 0.0421. The molecule has 0 saturated carbocycles. The minimum Gasteiger partial charge on any atom is -0.352 e. The molecule has 1 heterocycles. The molecule has 0 saturated heterocycles. The maximum atomic E-state index is 12.1. The van der Waals surface area contributed by atoms with Gasteiger partial charge >= 0.3 is 0 Å². The molecule has 0 fully saturated rings. The van der Waals surface area contributed by atoms with Crippen molar-refractivity contribution in [2.45, 2.75) is 19.9 Å². The summed E-state index contributed by atoms with van der Waals surface area (Å²) in [6, 6.07) is 8.62. The van der Waals surface area contributed by atoms with Crippen molar-refractivity contribution >= 4 is 33.2 Å². The van der Waals surface area contributed by atoms with Gasteiger partial charge in [-0.05, 0) is 42.3 Å². The summed E-state index contributed by atoms with van der Waals surface area (Å²) in [5.41, 5.74) is 2.22. The maximum Gasteiger partial charge on any atom is 0.232 e. The second-order valence-electron chi connectivity index (χ2n) is 5.65. The van der Waals surface area contributed by atoms with Crippen LogP contribution in [0.3, 0.4) is 0 Å². The predicted octanol–water partition coefficient (Wildman–Crippen LogP) is 2.52. The first-order valence-corrected chi connectivity index (χ1v) is 9.89. The zero-order chi connectivity index (χ0) is 18.4. The van der Waals surface area contributed by atoms with Crippen LogP contribution in [-0.4, -0.2) is 32.1 Å². The Bertz CT molecular complexity index is 841. The number of aryl methyl sites for hydroxylation is 1. The molecular formula is C17H20ClN3O3S. The largest absolute Gasteiger partial charge is 0.352 e. The number of nitrogens with zero attached hydrogens (tertiary/aromatic N) is 2. The molecule has 0 bridgehead atoms. The lowest BCUT2D eigenvalue weighted by Crippen LogP contribution is -2.34. The molecule has 1 amide bonds. The van der Waals surface area contributed by atoms with E-state index in [1.807, 2.05) is 6.92 Å². The van der Waals surface area contributed by atoms with Crippen LogP contribution in [0.15, 0.2) is 42.7 Å². The first-order chi connectivity index (χ1) is 11.8. The molecular weight excluding hydrogens is 362 g/mol. The Balaban J connectivity index is 2.00. The number of nitrogens with one attached hydrogen (secondary N) is 1. The number of rotatable bonds is 7. The fraction of sp³-hybridized carbons (Fsp3) is 0.294. The monoisotopic (exact) mass is 381 g/mol. The summed E-state index contributed by atoms with van der Waals surface area (Å²) in [4.78, 5) is 15.9. The standard InChI is InChI=1S/C17H20ClN3O3S/c1-13-3-4-15(11-16(13)18)21(25(2,23)24)10-7-17(22)20-12-14-5-8-19-9-6-14/h3-6,8-9,11H,7,10,12H2,1-2H3,(H,20,22). The van der Waals surface area contributed by atoms with Crippen LogP contribution in [-0.2, 0) is 21.4 Å². The summed E-state index contributed by atoms with van der Waals surface area (Å²) >= 11 is 6.08. The lowest BCUT2D eigenvalue weighted by Gasteiger charge is -2.22. The van der Waals surface area contributed by atoms with Crippen molar-refractivity contribution in [1.29, 1.82) is 0 Å². The van der Waals surface area contributed by atoms with Gasteiger partial charge in [0.05, 0.1) is 11.9 Å². The zero-order valence-corrected chi connectivity index (χ0v) is 15.6. The Morgan fingerprint density at radius 1 is 1.24 bits per heavy atom. The Labute approximate surface area is 152 Å². The molecule has 0 aliphatic carbocycles. The number of hydrogen-bond donors (Lipinski definition) is 1. The molecule has 0 spiro atoms. The van der Waals surface area contributed by atoms with Gasteiger partial charge in [-0.25, -0.2) is 8.42 Å². The van der Waals surface area contributed by atoms with Crippen molar-refractivity contribution in [1.82, 2.24) is 10.3 Å². The Hall–Kier alpha value is -2.12. The molecule has 25 heavy (non-hydrogen) atoms. The Morgan fingerprint density at radius 3 is 2.52 bits per heavy atom. The number of anilines is 1. The molecule has 134 valence electrons. The smallest absolute Gasteiger partial charge is 0.232 e. The van der Waals surface area contributed by atoms with Gasteiger partial charge in [-0.2, -0.15) is 0 Å². The molecule has 1 N–H and O–H groups in total. The average molecular weight is 382 g/mol. The highest BCUT2D eigenvalue weighted by Gasteiger charge is 2.19. The number of sulfonamides is 1. The quantitative estimate of drug-likeness (QED) is 0.799. The highest BCUT2D eigenvalue weighted by molar-refractivity contribution is 7.92. The molecule has 6 nitrogen and oxygen atoms in total. The van der Waals surface area contributed by atoms with Crippen LogP contribution in [0.5, 0.6) is 0 Å². The third-order valence-electron chi connectivity index (χ3n) is 3.62. The summed E-state index contributed by atoms with van der Waals surface area (Å²) < 4.78 is 25.3. The summed E-state index contributed by atoms with van der Waals surface area (Å²) in [6.07, 6.45) is 4.45. The van der Waals surface area contributed by atoms with E-state index >= 15 is 0 Å². The van der Waals surface area contributed by atoms with Crippen LogP contribution in [0.2, 0.25) is 5.02 Å². The fourth-order valence-electron chi connectivity index (χ4n) is 2.22. The molecule has 2 aromatic rings. The van der Waals surface area contributed by atoms with Gasteiger partial charge < -0.3 is 5.32 Å². The average Bonchev–Trinajstić information content (AvgIpc) is 2.56. The Morgan fingerprint density at radius 2 is 1.92 bits per heavy atom. The van der Waals surface area contributed by atoms with Gasteiger partial charge in [-0.3, -0.25) is 14.1 Å².